The molecule has 0 aliphatic rings. The Hall–Kier alpha value is -2.63. The molecule has 0 radical (unpaired) electrons. The summed E-state index contributed by atoms with van der Waals surface area (Å²) in [6.07, 6.45) is 1.69. The normalized spacial score (nSPS) is 10.2. The Bertz CT molecular complexity index is 520. The summed E-state index contributed by atoms with van der Waals surface area (Å²) in [5.74, 6) is -1.81. The highest BCUT2D eigenvalue weighted by Gasteiger charge is 2.05. The highest BCUT2D eigenvalue weighted by atomic mass is 16.4. The third kappa shape index (κ3) is 4.63. The third-order valence-corrected chi connectivity index (χ3v) is 2.37. The van der Waals surface area contributed by atoms with E-state index in [1.54, 1.807) is 31.3 Å². The predicted molar refractivity (Wildman–Crippen MR) is 70.9 cm³/mol. The van der Waals surface area contributed by atoms with Crippen LogP contribution in [0.1, 0.15) is 6.92 Å². The summed E-state index contributed by atoms with van der Waals surface area (Å²) in [6.45, 7) is 1.45. The number of carbonyl (C=O) groups is 3. The summed E-state index contributed by atoms with van der Waals surface area (Å²) in [6, 6.07) is 6.61. The summed E-state index contributed by atoms with van der Waals surface area (Å²) in [5.41, 5.74) is 1.22. The molecule has 6 nitrogen and oxygen atoms in total. The van der Waals surface area contributed by atoms with Crippen molar-refractivity contribution in [1.82, 2.24) is 0 Å². The topological polar surface area (TPSA) is 86.7 Å². The van der Waals surface area contributed by atoms with E-state index in [1.165, 1.54) is 11.8 Å². The predicted octanol–water partition coefficient (Wildman–Crippen LogP) is 1.25. The van der Waals surface area contributed by atoms with Gasteiger partial charge in [-0.25, -0.2) is 4.79 Å². The molecule has 0 fully saturated rings. The lowest BCUT2D eigenvalue weighted by Gasteiger charge is -2.15. The van der Waals surface area contributed by atoms with Crippen molar-refractivity contribution >= 4 is 29.2 Å². The summed E-state index contributed by atoms with van der Waals surface area (Å²) in [5, 5.41) is 10.9. The van der Waals surface area contributed by atoms with E-state index >= 15 is 0 Å². The lowest BCUT2D eigenvalue weighted by atomic mass is 10.2. The highest BCUT2D eigenvalue weighted by molar-refractivity contribution is 6.02. The molecule has 19 heavy (non-hydrogen) atoms. The van der Waals surface area contributed by atoms with Crippen molar-refractivity contribution in [3.8, 4) is 0 Å². The average Bonchev–Trinajstić information content (AvgIpc) is 2.36. The molecule has 0 saturated heterocycles. The first-order chi connectivity index (χ1) is 8.90. The summed E-state index contributed by atoms with van der Waals surface area (Å²) in [7, 11) is 1.64. The van der Waals surface area contributed by atoms with E-state index in [0.717, 1.165) is 12.2 Å². The van der Waals surface area contributed by atoms with Gasteiger partial charge in [-0.15, -0.1) is 0 Å². The second-order valence-electron chi connectivity index (χ2n) is 3.79. The van der Waals surface area contributed by atoms with E-state index in [0.29, 0.717) is 11.4 Å². The first-order valence-corrected chi connectivity index (χ1v) is 5.46. The van der Waals surface area contributed by atoms with Crippen LogP contribution in [0.5, 0.6) is 0 Å². The Kier molecular flexibility index (Phi) is 4.82. The lowest BCUT2D eigenvalue weighted by molar-refractivity contribution is -0.131. The number of rotatable bonds is 4. The molecule has 6 heteroatoms. The van der Waals surface area contributed by atoms with E-state index < -0.39 is 11.9 Å². The van der Waals surface area contributed by atoms with Gasteiger partial charge in [-0.05, 0) is 24.3 Å². The van der Waals surface area contributed by atoms with E-state index in [-0.39, 0.29) is 5.91 Å². The third-order valence-electron chi connectivity index (χ3n) is 2.37. The van der Waals surface area contributed by atoms with Gasteiger partial charge < -0.3 is 15.3 Å². The number of nitrogens with one attached hydrogen (secondary N) is 1. The Morgan fingerprint density at radius 2 is 1.74 bits per heavy atom. The zero-order valence-corrected chi connectivity index (χ0v) is 10.6. The minimum atomic E-state index is -1.19. The summed E-state index contributed by atoms with van der Waals surface area (Å²) >= 11 is 0. The zero-order chi connectivity index (χ0) is 14.4. The molecule has 0 atom stereocenters. The van der Waals surface area contributed by atoms with Crippen LogP contribution in [-0.4, -0.2) is 29.9 Å². The number of carboxylic acids is 1. The molecular formula is C13H14N2O4. The van der Waals surface area contributed by atoms with Gasteiger partial charge in [0.15, 0.2) is 0 Å². The quantitative estimate of drug-likeness (QED) is 0.799. The molecule has 0 spiro atoms. The molecule has 2 N–H and O–H groups in total. The fourth-order valence-corrected chi connectivity index (χ4v) is 1.28. The van der Waals surface area contributed by atoms with Crippen LogP contribution in [-0.2, 0) is 14.4 Å². The van der Waals surface area contributed by atoms with Crippen LogP contribution in [0.3, 0.4) is 0 Å². The van der Waals surface area contributed by atoms with E-state index in [4.69, 9.17) is 5.11 Å². The van der Waals surface area contributed by atoms with Crippen molar-refractivity contribution < 1.29 is 19.5 Å². The zero-order valence-electron chi connectivity index (χ0n) is 10.6. The maximum Gasteiger partial charge on any atom is 0.328 e. The lowest BCUT2D eigenvalue weighted by Crippen LogP contribution is -2.22. The van der Waals surface area contributed by atoms with Gasteiger partial charge in [0.25, 0.3) is 0 Å². The van der Waals surface area contributed by atoms with Crippen LogP contribution in [0.2, 0.25) is 0 Å². The SMILES string of the molecule is CC(=O)N(C)c1ccc(NC(=O)/C=C/C(=O)O)cc1. The van der Waals surface area contributed by atoms with Crippen LogP contribution in [0.25, 0.3) is 0 Å². The molecule has 0 saturated carbocycles. The number of benzene rings is 1. The molecule has 0 aliphatic heterocycles. The molecule has 0 heterocycles. The molecule has 1 aromatic rings. The maximum absolute atomic E-state index is 11.3. The number of aliphatic carboxylic acids is 1. The van der Waals surface area contributed by atoms with Gasteiger partial charge in [0.1, 0.15) is 0 Å². The minimum absolute atomic E-state index is 0.0961. The molecular weight excluding hydrogens is 248 g/mol. The van der Waals surface area contributed by atoms with Crippen molar-refractivity contribution in [2.45, 2.75) is 6.92 Å². The number of hydrogen-bond donors (Lipinski definition) is 2. The van der Waals surface area contributed by atoms with Gasteiger partial charge in [-0.2, -0.15) is 0 Å². The van der Waals surface area contributed by atoms with Crippen LogP contribution in [0, 0.1) is 0 Å². The van der Waals surface area contributed by atoms with Gasteiger partial charge in [-0.3, -0.25) is 9.59 Å². The summed E-state index contributed by atoms with van der Waals surface area (Å²) in [4.78, 5) is 34.2. The summed E-state index contributed by atoms with van der Waals surface area (Å²) < 4.78 is 0. The van der Waals surface area contributed by atoms with Gasteiger partial charge in [0, 0.05) is 37.5 Å². The van der Waals surface area contributed by atoms with Crippen molar-refractivity contribution in [2.24, 2.45) is 0 Å². The largest absolute Gasteiger partial charge is 0.478 e. The Morgan fingerprint density at radius 3 is 2.21 bits per heavy atom. The van der Waals surface area contributed by atoms with E-state index in [1.807, 2.05) is 0 Å². The van der Waals surface area contributed by atoms with Crippen molar-refractivity contribution in [3.63, 3.8) is 0 Å². The van der Waals surface area contributed by atoms with Gasteiger partial charge >= 0.3 is 5.97 Å². The van der Waals surface area contributed by atoms with E-state index in [9.17, 15) is 14.4 Å². The number of amides is 2. The molecule has 2 amide bonds. The van der Waals surface area contributed by atoms with Gasteiger partial charge in [0.05, 0.1) is 0 Å². The Labute approximate surface area is 110 Å². The second-order valence-corrected chi connectivity index (χ2v) is 3.79. The first-order valence-electron chi connectivity index (χ1n) is 5.46. The molecule has 1 rings (SSSR count). The number of nitrogens with zero attached hydrogens (tertiary/aromatic N) is 1. The average molecular weight is 262 g/mol. The van der Waals surface area contributed by atoms with Crippen LogP contribution in [0.4, 0.5) is 11.4 Å². The van der Waals surface area contributed by atoms with Crippen LogP contribution in [0.15, 0.2) is 36.4 Å². The van der Waals surface area contributed by atoms with Crippen molar-refractivity contribution in [2.75, 3.05) is 17.3 Å². The molecule has 0 unspecified atom stereocenters. The minimum Gasteiger partial charge on any atom is -0.478 e. The van der Waals surface area contributed by atoms with Crippen molar-refractivity contribution in [1.29, 1.82) is 0 Å². The fraction of sp³-hybridized carbons (Fsp3) is 0.154. The van der Waals surface area contributed by atoms with Gasteiger partial charge in [0.2, 0.25) is 11.8 Å². The Morgan fingerprint density at radius 1 is 1.16 bits per heavy atom. The van der Waals surface area contributed by atoms with Gasteiger partial charge in [-0.1, -0.05) is 0 Å². The van der Waals surface area contributed by atoms with Crippen molar-refractivity contribution in [3.05, 3.63) is 36.4 Å². The molecule has 0 aromatic heterocycles. The Balaban J connectivity index is 2.69. The monoisotopic (exact) mass is 262 g/mol. The smallest absolute Gasteiger partial charge is 0.328 e. The number of anilines is 2. The molecule has 0 bridgehead atoms. The first kappa shape index (κ1) is 14.4. The van der Waals surface area contributed by atoms with Crippen LogP contribution < -0.4 is 10.2 Å². The standard InChI is InChI=1S/C13H14N2O4/c1-9(16)15(2)11-5-3-10(4-6-11)14-12(17)7-8-13(18)19/h3-8H,1-2H3,(H,14,17)(H,18,19)/b8-7+. The fourth-order valence-electron chi connectivity index (χ4n) is 1.28. The second kappa shape index (κ2) is 6.34. The van der Waals surface area contributed by atoms with Crippen LogP contribution >= 0.6 is 0 Å². The molecule has 100 valence electrons. The molecule has 0 aliphatic carbocycles. The number of carbonyl (C=O) groups excluding carboxylic acids is 2. The highest BCUT2D eigenvalue weighted by Crippen LogP contribution is 2.16. The van der Waals surface area contributed by atoms with E-state index in [2.05, 4.69) is 5.32 Å². The molecule has 1 aromatic carbocycles. The number of carboxylic acid groups (broad SMARTS) is 1. The maximum atomic E-state index is 11.3. The number of hydrogen-bond acceptors (Lipinski definition) is 3.